The second-order valence-electron chi connectivity index (χ2n) is 11.6. The molecule has 0 unspecified atom stereocenters. The molecule has 2 aliphatic heterocycles. The van der Waals surface area contributed by atoms with Crippen molar-refractivity contribution in [3.05, 3.63) is 71.0 Å². The number of halogens is 1. The summed E-state index contributed by atoms with van der Waals surface area (Å²) in [4.78, 5) is 32.6. The molecule has 0 saturated carbocycles. The van der Waals surface area contributed by atoms with Crippen LogP contribution in [0.4, 0.5) is 10.5 Å². The molecule has 0 spiro atoms. The molecule has 3 heterocycles. The highest BCUT2D eigenvalue weighted by molar-refractivity contribution is 6.30. The van der Waals surface area contributed by atoms with E-state index < -0.39 is 5.60 Å². The van der Waals surface area contributed by atoms with E-state index in [0.717, 1.165) is 35.9 Å². The van der Waals surface area contributed by atoms with Gasteiger partial charge in [-0.2, -0.15) is 5.10 Å². The van der Waals surface area contributed by atoms with Gasteiger partial charge in [0.1, 0.15) is 11.4 Å². The van der Waals surface area contributed by atoms with Crippen LogP contribution >= 0.6 is 11.6 Å². The summed E-state index contributed by atoms with van der Waals surface area (Å²) >= 11 is 6.06. The number of rotatable bonds is 5. The zero-order valence-corrected chi connectivity index (χ0v) is 24.9. The highest BCUT2D eigenvalue weighted by Gasteiger charge is 2.34. The fourth-order valence-electron chi connectivity index (χ4n) is 5.50. The summed E-state index contributed by atoms with van der Waals surface area (Å²) in [6, 6.07) is 15.5. The normalized spacial score (nSPS) is 16.6. The van der Waals surface area contributed by atoms with Crippen LogP contribution in [0, 0.1) is 0 Å². The Kier molecular flexibility index (Phi) is 8.45. The number of hydrogen-bond acceptors (Lipinski definition) is 6. The number of likely N-dealkylation sites (tertiary alicyclic amines) is 1. The van der Waals surface area contributed by atoms with Gasteiger partial charge >= 0.3 is 6.09 Å². The van der Waals surface area contributed by atoms with Gasteiger partial charge in [0, 0.05) is 55.9 Å². The number of nitrogens with zero attached hydrogens (tertiary/aromatic N) is 5. The maximum absolute atomic E-state index is 14.0. The maximum Gasteiger partial charge on any atom is 0.410 e. The second kappa shape index (κ2) is 12.0. The van der Waals surface area contributed by atoms with Crippen molar-refractivity contribution < 1.29 is 19.1 Å². The van der Waals surface area contributed by atoms with Crippen LogP contribution in [-0.4, -0.2) is 83.6 Å². The van der Waals surface area contributed by atoms with Gasteiger partial charge in [0.25, 0.3) is 5.91 Å². The summed E-state index contributed by atoms with van der Waals surface area (Å²) in [5.74, 6) is 0.806. The minimum Gasteiger partial charge on any atom is -0.497 e. The predicted molar refractivity (Wildman–Crippen MR) is 159 cm³/mol. The standard InChI is InChI=1S/C31H38ClN5O4/c1-31(2,3)41-30(39)36-15-13-22(14-16-36)28-27(21-33-37(28)25-9-11-26(40-4)12-10-25)29(38)35-19-17-34(18-20-35)24-7-5-23(32)6-8-24/h5-12,21-22H,13-20H2,1-4H3. The molecule has 0 radical (unpaired) electrons. The quantitative estimate of drug-likeness (QED) is 0.391. The maximum atomic E-state index is 14.0. The van der Waals surface area contributed by atoms with Crippen molar-refractivity contribution in [1.29, 1.82) is 0 Å². The summed E-state index contributed by atoms with van der Waals surface area (Å²) in [6.07, 6.45) is 2.83. The molecule has 5 rings (SSSR count). The van der Waals surface area contributed by atoms with Crippen LogP contribution in [0.1, 0.15) is 55.6 Å². The molecule has 2 saturated heterocycles. The van der Waals surface area contributed by atoms with Crippen LogP contribution in [0.2, 0.25) is 5.02 Å². The van der Waals surface area contributed by atoms with Crippen molar-refractivity contribution in [3.8, 4) is 11.4 Å². The van der Waals surface area contributed by atoms with E-state index >= 15 is 0 Å². The zero-order chi connectivity index (χ0) is 29.1. The molecule has 2 amide bonds. The first-order chi connectivity index (χ1) is 19.6. The van der Waals surface area contributed by atoms with Gasteiger partial charge in [-0.1, -0.05) is 11.6 Å². The summed E-state index contributed by atoms with van der Waals surface area (Å²) in [7, 11) is 1.64. The number of ether oxygens (including phenoxy) is 2. The van der Waals surface area contributed by atoms with E-state index in [9.17, 15) is 9.59 Å². The van der Waals surface area contributed by atoms with Crippen molar-refractivity contribution in [3.63, 3.8) is 0 Å². The van der Waals surface area contributed by atoms with Crippen LogP contribution in [-0.2, 0) is 4.74 Å². The molecule has 0 aliphatic carbocycles. The smallest absolute Gasteiger partial charge is 0.410 e. The van der Waals surface area contributed by atoms with E-state index in [0.29, 0.717) is 49.6 Å². The Morgan fingerprint density at radius 3 is 2.05 bits per heavy atom. The number of benzene rings is 2. The number of hydrogen-bond donors (Lipinski definition) is 0. The van der Waals surface area contributed by atoms with E-state index in [2.05, 4.69) is 4.90 Å². The number of amides is 2. The van der Waals surface area contributed by atoms with Gasteiger partial charge in [-0.3, -0.25) is 4.79 Å². The van der Waals surface area contributed by atoms with E-state index in [-0.39, 0.29) is 17.9 Å². The van der Waals surface area contributed by atoms with Crippen LogP contribution in [0.15, 0.2) is 54.7 Å². The lowest BCUT2D eigenvalue weighted by atomic mass is 9.90. The number of carbonyl (C=O) groups is 2. The van der Waals surface area contributed by atoms with Gasteiger partial charge in [-0.25, -0.2) is 9.48 Å². The SMILES string of the molecule is COc1ccc(-n2ncc(C(=O)N3CCN(c4ccc(Cl)cc4)CC3)c2C2CCN(C(=O)OC(C)(C)C)CC2)cc1. The molecular formula is C31H38ClN5O4. The Bertz CT molecular complexity index is 1350. The molecular weight excluding hydrogens is 542 g/mol. The lowest BCUT2D eigenvalue weighted by Gasteiger charge is -2.37. The number of aromatic nitrogens is 2. The number of carbonyl (C=O) groups excluding carboxylic acids is 2. The van der Waals surface area contributed by atoms with Gasteiger partial charge in [0.05, 0.1) is 30.3 Å². The van der Waals surface area contributed by atoms with Gasteiger partial charge in [-0.15, -0.1) is 0 Å². The summed E-state index contributed by atoms with van der Waals surface area (Å²) in [6.45, 7) is 9.45. The Morgan fingerprint density at radius 2 is 1.46 bits per heavy atom. The van der Waals surface area contributed by atoms with Crippen LogP contribution in [0.25, 0.3) is 5.69 Å². The third-order valence-electron chi connectivity index (χ3n) is 7.65. The van der Waals surface area contributed by atoms with E-state index in [1.54, 1.807) is 18.2 Å². The minimum atomic E-state index is -0.544. The van der Waals surface area contributed by atoms with Gasteiger partial charge in [-0.05, 0) is 82.1 Å². The van der Waals surface area contributed by atoms with Crippen molar-refractivity contribution >= 4 is 29.3 Å². The fourth-order valence-corrected chi connectivity index (χ4v) is 5.62. The average molecular weight is 580 g/mol. The van der Waals surface area contributed by atoms with E-state index in [1.165, 1.54) is 0 Å². The first kappa shape index (κ1) is 28.8. The zero-order valence-electron chi connectivity index (χ0n) is 24.2. The number of anilines is 1. The molecule has 1 aromatic heterocycles. The molecule has 2 fully saturated rings. The Labute approximate surface area is 246 Å². The Hall–Kier alpha value is -3.72. The van der Waals surface area contributed by atoms with Crippen molar-refractivity contribution in [2.24, 2.45) is 0 Å². The largest absolute Gasteiger partial charge is 0.497 e. The van der Waals surface area contributed by atoms with Crippen LogP contribution < -0.4 is 9.64 Å². The minimum absolute atomic E-state index is 0.00918. The van der Waals surface area contributed by atoms with Crippen molar-refractivity contribution in [1.82, 2.24) is 19.6 Å². The first-order valence-corrected chi connectivity index (χ1v) is 14.5. The van der Waals surface area contributed by atoms with Gasteiger partial charge in [0.2, 0.25) is 0 Å². The summed E-state index contributed by atoms with van der Waals surface area (Å²) in [5.41, 5.74) is 2.94. The van der Waals surface area contributed by atoms with E-state index in [1.807, 2.05) is 78.9 Å². The highest BCUT2D eigenvalue weighted by atomic mass is 35.5. The summed E-state index contributed by atoms with van der Waals surface area (Å²) < 4.78 is 12.8. The van der Waals surface area contributed by atoms with Gasteiger partial charge < -0.3 is 24.2 Å². The Morgan fingerprint density at radius 1 is 0.854 bits per heavy atom. The average Bonchev–Trinajstić information content (AvgIpc) is 3.42. The van der Waals surface area contributed by atoms with Gasteiger partial charge in [0.15, 0.2) is 0 Å². The van der Waals surface area contributed by atoms with E-state index in [4.69, 9.17) is 26.2 Å². The summed E-state index contributed by atoms with van der Waals surface area (Å²) in [5, 5.41) is 5.42. The molecule has 10 heteroatoms. The molecule has 9 nitrogen and oxygen atoms in total. The van der Waals surface area contributed by atoms with Crippen LogP contribution in [0.5, 0.6) is 5.75 Å². The molecule has 0 N–H and O–H groups in total. The van der Waals surface area contributed by atoms with Crippen LogP contribution in [0.3, 0.4) is 0 Å². The molecule has 2 aliphatic rings. The predicted octanol–water partition coefficient (Wildman–Crippen LogP) is 5.61. The lowest BCUT2D eigenvalue weighted by molar-refractivity contribution is 0.0203. The molecule has 218 valence electrons. The fraction of sp³-hybridized carbons (Fsp3) is 0.452. The van der Waals surface area contributed by atoms with Crippen molar-refractivity contribution in [2.45, 2.75) is 45.1 Å². The third kappa shape index (κ3) is 6.62. The lowest BCUT2D eigenvalue weighted by Crippen LogP contribution is -2.49. The molecule has 2 aromatic carbocycles. The topological polar surface area (TPSA) is 80.1 Å². The molecule has 3 aromatic rings. The van der Waals surface area contributed by atoms with Crippen molar-refractivity contribution in [2.75, 3.05) is 51.3 Å². The molecule has 0 bridgehead atoms. The number of methoxy groups -OCH3 is 1. The number of piperazine rings is 1. The first-order valence-electron chi connectivity index (χ1n) is 14.1. The monoisotopic (exact) mass is 579 g/mol. The molecule has 41 heavy (non-hydrogen) atoms. The second-order valence-corrected chi connectivity index (χ2v) is 12.0. The highest BCUT2D eigenvalue weighted by Crippen LogP contribution is 2.34. The Balaban J connectivity index is 1.36. The third-order valence-corrected chi connectivity index (χ3v) is 7.90. The molecule has 0 atom stereocenters. The number of piperidine rings is 1.